The number of nitrogens with two attached hydrogens (primary N) is 1. The average molecular weight is 254 g/mol. The Balaban J connectivity index is 2.27. The van der Waals surface area contributed by atoms with Gasteiger partial charge >= 0.3 is 0 Å². The van der Waals surface area contributed by atoms with E-state index in [0.29, 0.717) is 11.8 Å². The molecule has 0 aliphatic rings. The second-order valence-corrected chi connectivity index (χ2v) is 4.33. The van der Waals surface area contributed by atoms with Crippen molar-refractivity contribution in [1.29, 1.82) is 0 Å². The zero-order chi connectivity index (χ0) is 13.4. The summed E-state index contributed by atoms with van der Waals surface area (Å²) in [5, 5.41) is 3.74. The van der Waals surface area contributed by atoms with E-state index in [9.17, 15) is 0 Å². The molecule has 3 aromatic heterocycles. The minimum atomic E-state index is 0.466. The van der Waals surface area contributed by atoms with E-state index >= 15 is 0 Å². The molecule has 6 heteroatoms. The average Bonchev–Trinajstić information content (AvgIpc) is 2.83. The Labute approximate surface area is 110 Å². The minimum absolute atomic E-state index is 0.466. The molecule has 19 heavy (non-hydrogen) atoms. The van der Waals surface area contributed by atoms with E-state index in [4.69, 9.17) is 5.73 Å². The van der Waals surface area contributed by atoms with Gasteiger partial charge in [0.15, 0.2) is 5.65 Å². The first-order valence-corrected chi connectivity index (χ1v) is 5.93. The van der Waals surface area contributed by atoms with Crippen LogP contribution in [0.5, 0.6) is 0 Å². The molecule has 3 heterocycles. The van der Waals surface area contributed by atoms with Crippen LogP contribution >= 0.6 is 0 Å². The number of hydrogen-bond donors (Lipinski definition) is 2. The Hall–Kier alpha value is -2.63. The third-order valence-electron chi connectivity index (χ3n) is 2.94. The lowest BCUT2D eigenvalue weighted by molar-refractivity contribution is 1.05. The summed E-state index contributed by atoms with van der Waals surface area (Å²) < 4.78 is 1.95. The number of nitrogens with zero attached hydrogens (tertiary/aromatic N) is 4. The first-order chi connectivity index (χ1) is 9.19. The van der Waals surface area contributed by atoms with Crippen LogP contribution in [0.15, 0.2) is 30.7 Å². The summed E-state index contributed by atoms with van der Waals surface area (Å²) in [6.45, 7) is 2.00. The lowest BCUT2D eigenvalue weighted by atomic mass is 10.3. The quantitative estimate of drug-likeness (QED) is 0.728. The largest absolute Gasteiger partial charge is 0.383 e. The van der Waals surface area contributed by atoms with E-state index in [-0.39, 0.29) is 0 Å². The monoisotopic (exact) mass is 254 g/mol. The van der Waals surface area contributed by atoms with Gasteiger partial charge in [-0.15, -0.1) is 0 Å². The van der Waals surface area contributed by atoms with Gasteiger partial charge in [0.25, 0.3) is 0 Å². The fourth-order valence-corrected chi connectivity index (χ4v) is 2.03. The maximum Gasteiger partial charge on any atom is 0.226 e. The first kappa shape index (κ1) is 11.5. The van der Waals surface area contributed by atoms with E-state index in [1.807, 2.05) is 36.0 Å². The summed E-state index contributed by atoms with van der Waals surface area (Å²) in [6.07, 6.45) is 5.53. The molecule has 0 spiro atoms. The van der Waals surface area contributed by atoms with Gasteiger partial charge in [0.2, 0.25) is 5.95 Å². The number of fused-ring (bicyclic) bond motifs is 1. The van der Waals surface area contributed by atoms with E-state index in [0.717, 1.165) is 22.3 Å². The predicted molar refractivity (Wildman–Crippen MR) is 75.4 cm³/mol. The molecular formula is C13H14N6. The zero-order valence-corrected chi connectivity index (χ0v) is 10.8. The number of anilines is 2. The molecule has 96 valence electrons. The molecule has 0 bridgehead atoms. The van der Waals surface area contributed by atoms with Crippen molar-refractivity contribution in [1.82, 2.24) is 19.5 Å². The first-order valence-electron chi connectivity index (χ1n) is 5.93. The fraction of sp³-hybridized carbons (Fsp3) is 0.154. The standard InChI is InChI=1S/C13H14N6/c1-8-5-9(7-16-6-8)19-4-3-10-11(14)17-13(15-2)18-12(10)19/h3-7H,1-2H3,(H3,14,15,17,18). The molecule has 0 aliphatic heterocycles. The van der Waals surface area contributed by atoms with Crippen molar-refractivity contribution in [2.24, 2.45) is 0 Å². The van der Waals surface area contributed by atoms with Crippen molar-refractivity contribution >= 4 is 22.8 Å². The number of pyridine rings is 1. The van der Waals surface area contributed by atoms with Crippen molar-refractivity contribution in [3.8, 4) is 5.69 Å². The summed E-state index contributed by atoms with van der Waals surface area (Å²) in [5.41, 5.74) is 8.75. The Morgan fingerprint density at radius 1 is 1.26 bits per heavy atom. The molecule has 3 aromatic rings. The van der Waals surface area contributed by atoms with Crippen LogP contribution in [0, 0.1) is 6.92 Å². The third kappa shape index (κ3) is 1.87. The summed E-state index contributed by atoms with van der Waals surface area (Å²) >= 11 is 0. The molecule has 0 unspecified atom stereocenters. The Morgan fingerprint density at radius 2 is 2.11 bits per heavy atom. The van der Waals surface area contributed by atoms with Crippen LogP contribution in [0.4, 0.5) is 11.8 Å². The summed E-state index contributed by atoms with van der Waals surface area (Å²) in [7, 11) is 1.77. The Kier molecular flexibility index (Phi) is 2.56. The molecule has 0 amide bonds. The third-order valence-corrected chi connectivity index (χ3v) is 2.94. The molecule has 0 aliphatic carbocycles. The van der Waals surface area contributed by atoms with Crippen molar-refractivity contribution in [3.63, 3.8) is 0 Å². The predicted octanol–water partition coefficient (Wildman–Crippen LogP) is 1.75. The van der Waals surface area contributed by atoms with Crippen molar-refractivity contribution in [3.05, 3.63) is 36.3 Å². The minimum Gasteiger partial charge on any atom is -0.383 e. The summed E-state index contributed by atoms with van der Waals surface area (Å²) in [4.78, 5) is 12.8. The van der Waals surface area contributed by atoms with Crippen molar-refractivity contribution in [2.45, 2.75) is 6.92 Å². The highest BCUT2D eigenvalue weighted by Crippen LogP contribution is 2.23. The normalized spacial score (nSPS) is 10.8. The fourth-order valence-electron chi connectivity index (χ4n) is 2.03. The van der Waals surface area contributed by atoms with Crippen molar-refractivity contribution in [2.75, 3.05) is 18.1 Å². The highest BCUT2D eigenvalue weighted by atomic mass is 15.2. The van der Waals surface area contributed by atoms with Gasteiger partial charge in [-0.25, -0.2) is 0 Å². The molecule has 0 fully saturated rings. The highest BCUT2D eigenvalue weighted by molar-refractivity contribution is 5.88. The van der Waals surface area contributed by atoms with Crippen LogP contribution in [-0.2, 0) is 0 Å². The number of rotatable bonds is 2. The Bertz CT molecular complexity index is 746. The van der Waals surface area contributed by atoms with Crippen LogP contribution in [0.3, 0.4) is 0 Å². The molecule has 3 N–H and O–H groups in total. The zero-order valence-electron chi connectivity index (χ0n) is 10.8. The van der Waals surface area contributed by atoms with Gasteiger partial charge < -0.3 is 11.1 Å². The van der Waals surface area contributed by atoms with Gasteiger partial charge in [0, 0.05) is 19.4 Å². The van der Waals surface area contributed by atoms with Crippen molar-refractivity contribution < 1.29 is 0 Å². The molecule has 6 nitrogen and oxygen atoms in total. The number of nitrogen functional groups attached to an aromatic ring is 1. The molecule has 0 saturated heterocycles. The number of nitrogens with one attached hydrogen (secondary N) is 1. The lowest BCUT2D eigenvalue weighted by Gasteiger charge is -2.07. The molecule has 0 atom stereocenters. The second kappa shape index (κ2) is 4.24. The van der Waals surface area contributed by atoms with Crippen LogP contribution in [-0.4, -0.2) is 26.6 Å². The van der Waals surface area contributed by atoms with E-state index in [1.165, 1.54) is 0 Å². The molecule has 0 saturated carbocycles. The van der Waals surface area contributed by atoms with Gasteiger partial charge in [-0.3, -0.25) is 9.55 Å². The van der Waals surface area contributed by atoms with Gasteiger partial charge in [0.1, 0.15) is 5.82 Å². The van der Waals surface area contributed by atoms with E-state index in [2.05, 4.69) is 20.3 Å². The molecule has 3 rings (SSSR count). The smallest absolute Gasteiger partial charge is 0.226 e. The molecular weight excluding hydrogens is 240 g/mol. The highest BCUT2D eigenvalue weighted by Gasteiger charge is 2.10. The van der Waals surface area contributed by atoms with Crippen LogP contribution in [0.2, 0.25) is 0 Å². The Morgan fingerprint density at radius 3 is 2.84 bits per heavy atom. The topological polar surface area (TPSA) is 81.6 Å². The maximum atomic E-state index is 5.93. The van der Waals surface area contributed by atoms with E-state index < -0.39 is 0 Å². The van der Waals surface area contributed by atoms with E-state index in [1.54, 1.807) is 13.2 Å². The summed E-state index contributed by atoms with van der Waals surface area (Å²) in [5.74, 6) is 0.972. The van der Waals surface area contributed by atoms with Gasteiger partial charge in [-0.05, 0) is 24.6 Å². The van der Waals surface area contributed by atoms with Crippen LogP contribution in [0.1, 0.15) is 5.56 Å². The van der Waals surface area contributed by atoms with Gasteiger partial charge in [-0.1, -0.05) is 0 Å². The van der Waals surface area contributed by atoms with Gasteiger partial charge in [-0.2, -0.15) is 9.97 Å². The SMILES string of the molecule is CNc1nc(N)c2ccn(-c3cncc(C)c3)c2n1. The number of hydrogen-bond acceptors (Lipinski definition) is 5. The van der Waals surface area contributed by atoms with Crippen LogP contribution in [0.25, 0.3) is 16.7 Å². The summed E-state index contributed by atoms with van der Waals surface area (Å²) in [6, 6.07) is 3.95. The maximum absolute atomic E-state index is 5.93. The van der Waals surface area contributed by atoms with Gasteiger partial charge in [0.05, 0.1) is 17.3 Å². The molecule has 0 aromatic carbocycles. The lowest BCUT2D eigenvalue weighted by Crippen LogP contribution is -2.03. The number of aryl methyl sites for hydroxylation is 1. The number of aromatic nitrogens is 4. The van der Waals surface area contributed by atoms with Crippen LogP contribution < -0.4 is 11.1 Å². The molecule has 0 radical (unpaired) electrons. The second-order valence-electron chi connectivity index (χ2n) is 4.33.